The zero-order valence-corrected chi connectivity index (χ0v) is 16.9. The highest BCUT2D eigenvalue weighted by Gasteiger charge is 2.46. The number of carbonyl (C=O) groups excluding carboxylic acids is 2. The van der Waals surface area contributed by atoms with Gasteiger partial charge in [0.2, 0.25) is 0 Å². The molecule has 2 aliphatic heterocycles. The van der Waals surface area contributed by atoms with E-state index in [0.717, 1.165) is 0 Å². The maximum atomic E-state index is 14.2. The summed E-state index contributed by atoms with van der Waals surface area (Å²) in [7, 11) is -3.69. The zero-order chi connectivity index (χ0) is 21.8. The van der Waals surface area contributed by atoms with Crippen LogP contribution in [0.15, 0.2) is 23.3 Å². The van der Waals surface area contributed by atoms with Crippen molar-refractivity contribution >= 4 is 32.9 Å². The smallest absolute Gasteiger partial charge is 0.253 e. The third-order valence-electron chi connectivity index (χ3n) is 5.63. The third kappa shape index (κ3) is 3.03. The Morgan fingerprint density at radius 1 is 1.33 bits per heavy atom. The molecule has 1 atom stereocenters. The van der Waals surface area contributed by atoms with E-state index in [1.807, 2.05) is 0 Å². The molecule has 1 amide bonds. The maximum absolute atomic E-state index is 14.2. The molecule has 0 aliphatic carbocycles. The maximum Gasteiger partial charge on any atom is 0.253 e. The van der Waals surface area contributed by atoms with E-state index in [1.165, 1.54) is 17.0 Å². The van der Waals surface area contributed by atoms with Crippen LogP contribution in [0.5, 0.6) is 0 Å². The highest BCUT2D eigenvalue weighted by Crippen LogP contribution is 2.46. The first kappa shape index (κ1) is 20.6. The number of aromatic nitrogens is 1. The molecule has 1 unspecified atom stereocenters. The highest BCUT2D eigenvalue weighted by atomic mass is 32.2. The van der Waals surface area contributed by atoms with Gasteiger partial charge in [-0.3, -0.25) is 9.59 Å². The minimum Gasteiger partial charge on any atom is -0.395 e. The molecule has 30 heavy (non-hydrogen) atoms. The molecule has 2 aliphatic rings. The fourth-order valence-corrected chi connectivity index (χ4v) is 5.38. The molecule has 158 valence electrons. The Morgan fingerprint density at radius 3 is 2.70 bits per heavy atom. The Balaban J connectivity index is 2.00. The van der Waals surface area contributed by atoms with Gasteiger partial charge in [-0.15, -0.1) is 0 Å². The summed E-state index contributed by atoms with van der Waals surface area (Å²) in [5.74, 6) is -1.88. The standard InChI is InChI=1S/C20H19FN2O6S/c1-10-4-11-15(9-30(28,29)3-2-24)12-6-23-19(13(7-25)14(8-26)20(23)27)18(12)22-17(11)5-16(10)21/h4-5,7,19,24,26H,2-3,6,8-9H2,1H3. The van der Waals surface area contributed by atoms with Crippen molar-refractivity contribution in [2.24, 2.45) is 0 Å². The zero-order valence-electron chi connectivity index (χ0n) is 16.1. The Bertz CT molecular complexity index is 1240. The van der Waals surface area contributed by atoms with E-state index in [4.69, 9.17) is 5.11 Å². The van der Waals surface area contributed by atoms with Gasteiger partial charge in [-0.05, 0) is 24.1 Å². The molecule has 2 aromatic rings. The van der Waals surface area contributed by atoms with Crippen LogP contribution in [-0.2, 0) is 31.7 Å². The molecular formula is C20H19FN2O6S. The van der Waals surface area contributed by atoms with Crippen LogP contribution in [0, 0.1) is 12.7 Å². The molecule has 0 spiro atoms. The molecule has 10 heteroatoms. The van der Waals surface area contributed by atoms with Crippen LogP contribution in [0.25, 0.3) is 10.9 Å². The Kier molecular flexibility index (Phi) is 4.95. The van der Waals surface area contributed by atoms with Crippen LogP contribution in [-0.4, -0.2) is 59.7 Å². The number of benzene rings is 1. The van der Waals surface area contributed by atoms with E-state index in [2.05, 4.69) is 4.98 Å². The average molecular weight is 434 g/mol. The number of hydrogen-bond donors (Lipinski definition) is 2. The van der Waals surface area contributed by atoms with Crippen LogP contribution >= 0.6 is 0 Å². The van der Waals surface area contributed by atoms with E-state index in [-0.39, 0.29) is 23.2 Å². The summed E-state index contributed by atoms with van der Waals surface area (Å²) in [5, 5.41) is 19.0. The molecule has 0 fully saturated rings. The summed E-state index contributed by atoms with van der Waals surface area (Å²) < 4.78 is 39.2. The van der Waals surface area contributed by atoms with Gasteiger partial charge in [0, 0.05) is 29.1 Å². The molecule has 4 rings (SSSR count). The lowest BCUT2D eigenvalue weighted by Gasteiger charge is -2.16. The van der Waals surface area contributed by atoms with Crippen LogP contribution in [0.1, 0.15) is 28.4 Å². The summed E-state index contributed by atoms with van der Waals surface area (Å²) in [6, 6.07) is 1.87. The molecule has 0 saturated carbocycles. The van der Waals surface area contributed by atoms with Crippen LogP contribution in [0.2, 0.25) is 0 Å². The number of sulfone groups is 1. The van der Waals surface area contributed by atoms with Gasteiger partial charge in [-0.1, -0.05) is 0 Å². The quantitative estimate of drug-likeness (QED) is 0.634. The van der Waals surface area contributed by atoms with Gasteiger partial charge in [-0.25, -0.2) is 17.8 Å². The summed E-state index contributed by atoms with van der Waals surface area (Å²) in [4.78, 5) is 30.2. The van der Waals surface area contributed by atoms with Crippen molar-refractivity contribution in [3.63, 3.8) is 0 Å². The largest absolute Gasteiger partial charge is 0.395 e. The molecule has 2 N–H and O–H groups in total. The van der Waals surface area contributed by atoms with E-state index >= 15 is 0 Å². The molecule has 1 aromatic carbocycles. The van der Waals surface area contributed by atoms with Crippen molar-refractivity contribution in [3.05, 3.63) is 51.5 Å². The van der Waals surface area contributed by atoms with Gasteiger partial charge in [0.15, 0.2) is 9.84 Å². The van der Waals surface area contributed by atoms with Crippen molar-refractivity contribution < 1.29 is 32.6 Å². The predicted molar refractivity (Wildman–Crippen MR) is 104 cm³/mol. The Morgan fingerprint density at radius 2 is 2.07 bits per heavy atom. The number of nitrogens with zero attached hydrogens (tertiary/aromatic N) is 2. The Hall–Kier alpha value is -2.69. The number of halogens is 1. The van der Waals surface area contributed by atoms with Gasteiger partial charge in [-0.2, -0.15) is 0 Å². The first-order valence-electron chi connectivity index (χ1n) is 9.25. The normalized spacial score (nSPS) is 18.3. The SMILES string of the molecule is Cc1cc2c(CS(=O)(=O)CCO)c3c(nc2cc1F)C1C(C=O)=C(CO)C(=O)N1C3. The molecular weight excluding hydrogens is 415 g/mol. The molecule has 1 aromatic heterocycles. The molecule has 0 saturated heterocycles. The van der Waals surface area contributed by atoms with Crippen molar-refractivity contribution in [2.45, 2.75) is 25.3 Å². The first-order chi connectivity index (χ1) is 14.2. The average Bonchev–Trinajstić information content (AvgIpc) is 3.18. The fraction of sp³-hybridized carbons (Fsp3) is 0.350. The predicted octanol–water partition coefficient (Wildman–Crippen LogP) is 0.474. The number of rotatable bonds is 6. The van der Waals surface area contributed by atoms with Crippen molar-refractivity contribution in [3.8, 4) is 0 Å². The summed E-state index contributed by atoms with van der Waals surface area (Å²) in [5.41, 5.74) is 1.75. The summed E-state index contributed by atoms with van der Waals surface area (Å²) >= 11 is 0. The van der Waals surface area contributed by atoms with E-state index in [0.29, 0.717) is 34.1 Å². The van der Waals surface area contributed by atoms with E-state index in [1.54, 1.807) is 6.92 Å². The lowest BCUT2D eigenvalue weighted by molar-refractivity contribution is -0.127. The first-order valence-corrected chi connectivity index (χ1v) is 11.1. The van der Waals surface area contributed by atoms with E-state index < -0.39 is 52.3 Å². The second kappa shape index (κ2) is 7.22. The van der Waals surface area contributed by atoms with Gasteiger partial charge in [0.25, 0.3) is 5.91 Å². The number of fused-ring (bicyclic) bond motifs is 4. The van der Waals surface area contributed by atoms with E-state index in [9.17, 15) is 27.5 Å². The second-order valence-electron chi connectivity index (χ2n) is 7.43. The van der Waals surface area contributed by atoms with Crippen LogP contribution in [0.4, 0.5) is 4.39 Å². The topological polar surface area (TPSA) is 125 Å². The van der Waals surface area contributed by atoms with Gasteiger partial charge < -0.3 is 15.1 Å². The number of hydrogen-bond acceptors (Lipinski definition) is 7. The number of aliphatic hydroxyl groups excluding tert-OH is 2. The monoisotopic (exact) mass is 434 g/mol. The van der Waals surface area contributed by atoms with Gasteiger partial charge >= 0.3 is 0 Å². The number of amides is 1. The molecule has 0 radical (unpaired) electrons. The lowest BCUT2D eigenvalue weighted by atomic mass is 9.96. The van der Waals surface area contributed by atoms with Crippen molar-refractivity contribution in [1.29, 1.82) is 0 Å². The van der Waals surface area contributed by atoms with Crippen molar-refractivity contribution in [1.82, 2.24) is 9.88 Å². The van der Waals surface area contributed by atoms with Crippen LogP contribution in [0.3, 0.4) is 0 Å². The molecule has 3 heterocycles. The number of aryl methyl sites for hydroxylation is 1. The number of aliphatic hydroxyl groups is 2. The molecule has 8 nitrogen and oxygen atoms in total. The summed E-state index contributed by atoms with van der Waals surface area (Å²) in [6.07, 6.45) is 0.493. The minimum atomic E-state index is -3.69. The van der Waals surface area contributed by atoms with Gasteiger partial charge in [0.05, 0.1) is 41.5 Å². The third-order valence-corrected chi connectivity index (χ3v) is 7.16. The fourth-order valence-electron chi connectivity index (χ4n) is 4.19. The van der Waals surface area contributed by atoms with Crippen LogP contribution < -0.4 is 0 Å². The highest BCUT2D eigenvalue weighted by molar-refractivity contribution is 7.90. The second-order valence-corrected chi connectivity index (χ2v) is 9.62. The number of pyridine rings is 1. The van der Waals surface area contributed by atoms with Gasteiger partial charge in [0.1, 0.15) is 18.1 Å². The van der Waals surface area contributed by atoms with Crippen molar-refractivity contribution in [2.75, 3.05) is 19.0 Å². The number of aldehydes is 1. The lowest BCUT2D eigenvalue weighted by Crippen LogP contribution is -2.25. The minimum absolute atomic E-state index is 0.0169. The Labute approximate surface area is 171 Å². The molecule has 0 bridgehead atoms. The number of carbonyl (C=O) groups is 2. The summed E-state index contributed by atoms with van der Waals surface area (Å²) in [6.45, 7) is 0.431.